The Morgan fingerprint density at radius 1 is 1.40 bits per heavy atom. The second-order valence-corrected chi connectivity index (χ2v) is 3.33. The summed E-state index contributed by atoms with van der Waals surface area (Å²) in [7, 11) is 0. The van der Waals surface area contributed by atoms with Gasteiger partial charge >= 0.3 is 5.97 Å². The van der Waals surface area contributed by atoms with Gasteiger partial charge in [-0.3, -0.25) is 9.59 Å². The number of rotatable bonds is 8. The van der Waals surface area contributed by atoms with Gasteiger partial charge in [0.1, 0.15) is 12.2 Å². The summed E-state index contributed by atoms with van der Waals surface area (Å²) in [6.07, 6.45) is 0.0741. The number of carbonyl (C=O) groups excluding carboxylic acids is 2. The third-order valence-corrected chi connectivity index (χ3v) is 1.78. The highest BCUT2D eigenvalue weighted by Gasteiger charge is 2.14. The number of hydrogen-bond acceptors (Lipinski definition) is 5. The topological polar surface area (TPSA) is 83.8 Å². The predicted octanol–water partition coefficient (Wildman–Crippen LogP) is 0.0322. The van der Waals surface area contributed by atoms with Gasteiger partial charge < -0.3 is 14.9 Å². The lowest BCUT2D eigenvalue weighted by Gasteiger charge is -2.06. The first-order chi connectivity index (χ1) is 7.10. The van der Waals surface area contributed by atoms with E-state index in [2.05, 4.69) is 0 Å². The molecule has 2 N–H and O–H groups in total. The Kier molecular flexibility index (Phi) is 7.85. The molecule has 0 saturated carbocycles. The molecule has 5 heteroatoms. The van der Waals surface area contributed by atoms with Crippen LogP contribution in [0.1, 0.15) is 32.6 Å². The molecule has 0 spiro atoms. The predicted molar refractivity (Wildman–Crippen MR) is 53.2 cm³/mol. The van der Waals surface area contributed by atoms with Crippen LogP contribution in [0.5, 0.6) is 0 Å². The molecule has 0 bridgehead atoms. The van der Waals surface area contributed by atoms with E-state index in [9.17, 15) is 9.59 Å². The fourth-order valence-electron chi connectivity index (χ4n) is 0.942. The average Bonchev–Trinajstić information content (AvgIpc) is 2.17. The smallest absolute Gasteiger partial charge is 0.313 e. The largest absolute Gasteiger partial charge is 0.465 e. The number of aliphatic hydroxyl groups excluding tert-OH is 2. The first-order valence-electron chi connectivity index (χ1n) is 5.06. The molecule has 0 heterocycles. The highest BCUT2D eigenvalue weighted by Crippen LogP contribution is 1.99. The molecule has 1 unspecified atom stereocenters. The maximum atomic E-state index is 11.1. The van der Waals surface area contributed by atoms with E-state index in [4.69, 9.17) is 14.9 Å². The van der Waals surface area contributed by atoms with Crippen molar-refractivity contribution in [2.45, 2.75) is 38.7 Å². The van der Waals surface area contributed by atoms with Crippen LogP contribution in [-0.2, 0) is 14.3 Å². The van der Waals surface area contributed by atoms with E-state index >= 15 is 0 Å². The molecule has 1 atom stereocenters. The van der Waals surface area contributed by atoms with Gasteiger partial charge in [0.05, 0.1) is 19.3 Å². The van der Waals surface area contributed by atoms with Gasteiger partial charge in [-0.05, 0) is 6.42 Å². The zero-order chi connectivity index (χ0) is 11.7. The minimum atomic E-state index is -1.08. The minimum Gasteiger partial charge on any atom is -0.465 e. The van der Waals surface area contributed by atoms with E-state index in [1.54, 1.807) is 0 Å². The molecule has 0 aromatic rings. The summed E-state index contributed by atoms with van der Waals surface area (Å²) in [6.45, 7) is 1.82. The van der Waals surface area contributed by atoms with Crippen LogP contribution in [0.15, 0.2) is 0 Å². The maximum absolute atomic E-state index is 11.1. The number of hydrogen-bond donors (Lipinski definition) is 2. The molecule has 0 aromatic carbocycles. The SMILES string of the molecule is CCCCOC(=O)CC(=O)CC(O)CO. The molecular weight excluding hydrogens is 200 g/mol. The van der Waals surface area contributed by atoms with Crippen LogP contribution in [0, 0.1) is 0 Å². The Hall–Kier alpha value is -0.940. The summed E-state index contributed by atoms with van der Waals surface area (Å²) >= 11 is 0. The Bertz CT molecular complexity index is 202. The van der Waals surface area contributed by atoms with Crippen molar-refractivity contribution in [2.24, 2.45) is 0 Å². The number of unbranched alkanes of at least 4 members (excludes halogenated alkanes) is 1. The molecule has 0 aliphatic carbocycles. The Labute approximate surface area is 89.0 Å². The normalized spacial score (nSPS) is 12.2. The van der Waals surface area contributed by atoms with E-state index in [1.165, 1.54) is 0 Å². The van der Waals surface area contributed by atoms with Crippen molar-refractivity contribution in [2.75, 3.05) is 13.2 Å². The van der Waals surface area contributed by atoms with Gasteiger partial charge in [-0.25, -0.2) is 0 Å². The zero-order valence-corrected chi connectivity index (χ0v) is 8.94. The third kappa shape index (κ3) is 8.08. The minimum absolute atomic E-state index is 0.209. The van der Waals surface area contributed by atoms with Crippen LogP contribution in [0.2, 0.25) is 0 Å². The summed E-state index contributed by atoms with van der Waals surface area (Å²) in [5, 5.41) is 17.4. The number of aliphatic hydroxyl groups is 2. The summed E-state index contributed by atoms with van der Waals surface area (Å²) in [5.41, 5.74) is 0. The van der Waals surface area contributed by atoms with Gasteiger partial charge in [0.15, 0.2) is 0 Å². The molecule has 0 saturated heterocycles. The zero-order valence-electron chi connectivity index (χ0n) is 8.94. The number of ketones is 1. The Morgan fingerprint density at radius 3 is 2.60 bits per heavy atom. The monoisotopic (exact) mass is 218 g/mol. The lowest BCUT2D eigenvalue weighted by atomic mass is 10.1. The quantitative estimate of drug-likeness (QED) is 0.341. The van der Waals surface area contributed by atoms with Gasteiger partial charge in [-0.15, -0.1) is 0 Å². The third-order valence-electron chi connectivity index (χ3n) is 1.78. The van der Waals surface area contributed by atoms with Crippen LogP contribution in [0.3, 0.4) is 0 Å². The van der Waals surface area contributed by atoms with Crippen molar-refractivity contribution in [3.8, 4) is 0 Å². The first kappa shape index (κ1) is 14.1. The van der Waals surface area contributed by atoms with Gasteiger partial charge in [0.25, 0.3) is 0 Å². The highest BCUT2D eigenvalue weighted by atomic mass is 16.5. The number of carbonyl (C=O) groups is 2. The van der Waals surface area contributed by atoms with E-state index in [-0.39, 0.29) is 12.8 Å². The van der Waals surface area contributed by atoms with E-state index in [1.807, 2.05) is 6.92 Å². The van der Waals surface area contributed by atoms with Crippen molar-refractivity contribution in [3.63, 3.8) is 0 Å². The van der Waals surface area contributed by atoms with E-state index in [0.717, 1.165) is 12.8 Å². The highest BCUT2D eigenvalue weighted by molar-refractivity contribution is 5.95. The number of Topliss-reactive ketones (excluding diaryl/α,β-unsaturated/α-hetero) is 1. The van der Waals surface area contributed by atoms with Crippen LogP contribution >= 0.6 is 0 Å². The molecule has 0 fully saturated rings. The molecule has 15 heavy (non-hydrogen) atoms. The molecule has 0 aliphatic rings. The molecule has 0 radical (unpaired) electrons. The van der Waals surface area contributed by atoms with E-state index < -0.39 is 24.5 Å². The summed E-state index contributed by atoms with van der Waals surface area (Å²) in [6, 6.07) is 0. The lowest BCUT2D eigenvalue weighted by Crippen LogP contribution is -2.20. The molecule has 0 amide bonds. The fraction of sp³-hybridized carbons (Fsp3) is 0.800. The molecule has 5 nitrogen and oxygen atoms in total. The van der Waals surface area contributed by atoms with E-state index in [0.29, 0.717) is 6.61 Å². The average molecular weight is 218 g/mol. The van der Waals surface area contributed by atoms with Crippen LogP contribution in [0.4, 0.5) is 0 Å². The molecule has 0 rings (SSSR count). The lowest BCUT2D eigenvalue weighted by molar-refractivity contribution is -0.146. The summed E-state index contributed by atoms with van der Waals surface area (Å²) in [5.74, 6) is -0.989. The van der Waals surface area contributed by atoms with Crippen LogP contribution in [-0.4, -0.2) is 41.3 Å². The van der Waals surface area contributed by atoms with Crippen molar-refractivity contribution in [3.05, 3.63) is 0 Å². The molecule has 88 valence electrons. The fourth-order valence-corrected chi connectivity index (χ4v) is 0.942. The molecule has 0 aromatic heterocycles. The van der Waals surface area contributed by atoms with Gasteiger partial charge in [-0.2, -0.15) is 0 Å². The second kappa shape index (κ2) is 8.38. The van der Waals surface area contributed by atoms with Gasteiger partial charge in [-0.1, -0.05) is 13.3 Å². The van der Waals surface area contributed by atoms with Crippen LogP contribution in [0.25, 0.3) is 0 Å². The Morgan fingerprint density at radius 2 is 2.07 bits per heavy atom. The van der Waals surface area contributed by atoms with Crippen LogP contribution < -0.4 is 0 Å². The van der Waals surface area contributed by atoms with Crippen molar-refractivity contribution in [1.82, 2.24) is 0 Å². The number of esters is 1. The van der Waals surface area contributed by atoms with Crippen molar-refractivity contribution in [1.29, 1.82) is 0 Å². The van der Waals surface area contributed by atoms with Gasteiger partial charge in [0, 0.05) is 6.42 Å². The first-order valence-corrected chi connectivity index (χ1v) is 5.06. The number of ether oxygens (including phenoxy) is 1. The summed E-state index contributed by atoms with van der Waals surface area (Å²) < 4.78 is 4.76. The van der Waals surface area contributed by atoms with Gasteiger partial charge in [0.2, 0.25) is 0 Å². The standard InChI is InChI=1S/C10H18O5/c1-2-3-4-15-10(14)6-8(12)5-9(13)7-11/h9,11,13H,2-7H2,1H3. The van der Waals surface area contributed by atoms with Crippen molar-refractivity contribution < 1.29 is 24.5 Å². The molecular formula is C10H18O5. The second-order valence-electron chi connectivity index (χ2n) is 3.33. The Balaban J connectivity index is 3.62. The summed E-state index contributed by atoms with van der Waals surface area (Å²) in [4.78, 5) is 22.1. The maximum Gasteiger partial charge on any atom is 0.313 e. The van der Waals surface area contributed by atoms with Crippen molar-refractivity contribution >= 4 is 11.8 Å². The molecule has 0 aliphatic heterocycles.